The average molecular weight is 273 g/mol. The second-order valence-corrected chi connectivity index (χ2v) is 4.52. The Kier molecular flexibility index (Phi) is 6.73. The molecule has 0 saturated carbocycles. The van der Waals surface area contributed by atoms with Crippen LogP contribution in [-0.2, 0) is 11.3 Å². The summed E-state index contributed by atoms with van der Waals surface area (Å²) in [6.07, 6.45) is 1.52. The smallest absolute Gasteiger partial charge is 0.240 e. The van der Waals surface area contributed by atoms with Crippen LogP contribution < -0.4 is 11.1 Å². The van der Waals surface area contributed by atoms with Gasteiger partial charge in [-0.15, -0.1) is 12.4 Å². The van der Waals surface area contributed by atoms with E-state index < -0.39 is 5.54 Å². The van der Waals surface area contributed by atoms with Gasteiger partial charge in [0.25, 0.3) is 0 Å². The first-order valence-corrected chi connectivity index (χ1v) is 5.81. The summed E-state index contributed by atoms with van der Waals surface area (Å²) in [5.41, 5.74) is 5.93. The Hall–Kier alpha value is -1.26. The molecule has 4 N–H and O–H groups in total. The summed E-state index contributed by atoms with van der Waals surface area (Å²) in [4.78, 5) is 11.8. The summed E-state index contributed by atoms with van der Waals surface area (Å²) >= 11 is 0. The lowest BCUT2D eigenvalue weighted by Gasteiger charge is -2.22. The van der Waals surface area contributed by atoms with E-state index in [0.29, 0.717) is 13.0 Å². The highest BCUT2D eigenvalue weighted by Crippen LogP contribution is 2.12. The summed E-state index contributed by atoms with van der Waals surface area (Å²) in [6, 6.07) is 6.79. The first kappa shape index (κ1) is 16.7. The molecule has 0 saturated heterocycles. The Balaban J connectivity index is 0.00000289. The molecule has 0 fully saturated rings. The summed E-state index contributed by atoms with van der Waals surface area (Å²) in [6.45, 7) is 4.10. The number of halogens is 1. The maximum atomic E-state index is 11.8. The van der Waals surface area contributed by atoms with E-state index in [1.807, 2.05) is 13.0 Å². The van der Waals surface area contributed by atoms with E-state index in [2.05, 4.69) is 5.32 Å². The third kappa shape index (κ3) is 4.94. The number of carbonyl (C=O) groups is 1. The Morgan fingerprint density at radius 3 is 2.72 bits per heavy atom. The van der Waals surface area contributed by atoms with Gasteiger partial charge in [0.2, 0.25) is 5.91 Å². The fourth-order valence-corrected chi connectivity index (χ4v) is 1.68. The maximum Gasteiger partial charge on any atom is 0.240 e. The Bertz CT molecular complexity index is 394. The zero-order valence-corrected chi connectivity index (χ0v) is 11.6. The monoisotopic (exact) mass is 272 g/mol. The summed E-state index contributed by atoms with van der Waals surface area (Å²) < 4.78 is 0. The van der Waals surface area contributed by atoms with Gasteiger partial charge in [0.1, 0.15) is 5.75 Å². The molecule has 102 valence electrons. The summed E-state index contributed by atoms with van der Waals surface area (Å²) in [5.74, 6) is 0.0310. The zero-order valence-electron chi connectivity index (χ0n) is 10.8. The molecule has 1 rings (SSSR count). The van der Waals surface area contributed by atoms with E-state index >= 15 is 0 Å². The normalized spacial score (nSPS) is 13.3. The minimum absolute atomic E-state index is 0. The molecule has 0 aliphatic heterocycles. The number of nitrogens with two attached hydrogens (primary N) is 1. The van der Waals surface area contributed by atoms with Gasteiger partial charge < -0.3 is 16.2 Å². The maximum absolute atomic E-state index is 11.8. The van der Waals surface area contributed by atoms with E-state index in [0.717, 1.165) is 12.0 Å². The van der Waals surface area contributed by atoms with Crippen molar-refractivity contribution in [3.8, 4) is 5.75 Å². The lowest BCUT2D eigenvalue weighted by Crippen LogP contribution is -2.51. The van der Waals surface area contributed by atoms with Crippen LogP contribution in [0.1, 0.15) is 32.3 Å². The van der Waals surface area contributed by atoms with Gasteiger partial charge in [0.15, 0.2) is 0 Å². The molecule has 0 heterocycles. The molecule has 1 amide bonds. The molecule has 0 aromatic heterocycles. The zero-order chi connectivity index (χ0) is 12.9. The molecule has 1 atom stereocenters. The predicted octanol–water partition coefficient (Wildman–Crippen LogP) is 1.95. The number of phenols is 1. The number of hydrogen-bond donors (Lipinski definition) is 3. The van der Waals surface area contributed by atoms with Crippen LogP contribution in [-0.4, -0.2) is 16.6 Å². The van der Waals surface area contributed by atoms with Crippen molar-refractivity contribution >= 4 is 18.3 Å². The first-order valence-electron chi connectivity index (χ1n) is 5.81. The van der Waals surface area contributed by atoms with Gasteiger partial charge in [-0.1, -0.05) is 25.5 Å². The second-order valence-electron chi connectivity index (χ2n) is 4.52. The second kappa shape index (κ2) is 7.24. The number of hydrogen-bond acceptors (Lipinski definition) is 3. The van der Waals surface area contributed by atoms with Gasteiger partial charge in [-0.05, 0) is 31.0 Å². The van der Waals surface area contributed by atoms with Gasteiger partial charge >= 0.3 is 0 Å². The van der Waals surface area contributed by atoms with Crippen molar-refractivity contribution in [3.63, 3.8) is 0 Å². The summed E-state index contributed by atoms with van der Waals surface area (Å²) in [7, 11) is 0. The Labute approximate surface area is 114 Å². The number of amides is 1. The van der Waals surface area contributed by atoms with Crippen molar-refractivity contribution in [1.29, 1.82) is 0 Å². The van der Waals surface area contributed by atoms with Crippen molar-refractivity contribution in [2.75, 3.05) is 0 Å². The number of nitrogens with one attached hydrogen (secondary N) is 1. The molecule has 5 heteroatoms. The van der Waals surface area contributed by atoms with Crippen LogP contribution in [0.3, 0.4) is 0 Å². The molecule has 0 aliphatic rings. The predicted molar refractivity (Wildman–Crippen MR) is 74.7 cm³/mol. The van der Waals surface area contributed by atoms with E-state index in [4.69, 9.17) is 5.73 Å². The quantitative estimate of drug-likeness (QED) is 0.767. The van der Waals surface area contributed by atoms with Crippen LogP contribution in [0.5, 0.6) is 5.75 Å². The minimum Gasteiger partial charge on any atom is -0.508 e. The van der Waals surface area contributed by atoms with Gasteiger partial charge in [-0.25, -0.2) is 0 Å². The van der Waals surface area contributed by atoms with Gasteiger partial charge in [0, 0.05) is 6.54 Å². The molecule has 0 bridgehead atoms. The van der Waals surface area contributed by atoms with E-state index in [1.165, 1.54) is 0 Å². The number of benzene rings is 1. The molecule has 0 aliphatic carbocycles. The fraction of sp³-hybridized carbons (Fsp3) is 0.462. The van der Waals surface area contributed by atoms with Gasteiger partial charge in [0.05, 0.1) is 5.54 Å². The Morgan fingerprint density at radius 1 is 1.50 bits per heavy atom. The minimum atomic E-state index is -0.828. The molecule has 4 nitrogen and oxygen atoms in total. The van der Waals surface area contributed by atoms with Crippen molar-refractivity contribution in [3.05, 3.63) is 29.8 Å². The standard InChI is InChI=1S/C13H20N2O2.ClH/c1-3-7-13(2,14)12(17)15-9-10-5-4-6-11(16)8-10;/h4-6,8,16H,3,7,9,14H2,1-2H3,(H,15,17);1H. The topological polar surface area (TPSA) is 75.4 Å². The first-order chi connectivity index (χ1) is 7.95. The third-order valence-corrected chi connectivity index (χ3v) is 2.65. The van der Waals surface area contributed by atoms with E-state index in [-0.39, 0.29) is 24.1 Å². The van der Waals surface area contributed by atoms with Crippen LogP contribution in [0.15, 0.2) is 24.3 Å². The molecule has 18 heavy (non-hydrogen) atoms. The highest BCUT2D eigenvalue weighted by atomic mass is 35.5. The number of phenolic OH excluding ortho intramolecular Hbond substituents is 1. The number of rotatable bonds is 5. The number of aromatic hydroxyl groups is 1. The van der Waals surface area contributed by atoms with Crippen molar-refractivity contribution in [1.82, 2.24) is 5.32 Å². The molecule has 0 spiro atoms. The van der Waals surface area contributed by atoms with Gasteiger partial charge in [-0.3, -0.25) is 4.79 Å². The van der Waals surface area contributed by atoms with Crippen LogP contribution in [0.2, 0.25) is 0 Å². The molecule has 1 unspecified atom stereocenters. The van der Waals surface area contributed by atoms with E-state index in [9.17, 15) is 9.90 Å². The fourth-order valence-electron chi connectivity index (χ4n) is 1.68. The molecular weight excluding hydrogens is 252 g/mol. The van der Waals surface area contributed by atoms with E-state index in [1.54, 1.807) is 25.1 Å². The average Bonchev–Trinajstić information content (AvgIpc) is 2.26. The molecular formula is C13H21ClN2O2. The van der Waals surface area contributed by atoms with Crippen molar-refractivity contribution in [2.24, 2.45) is 5.73 Å². The lowest BCUT2D eigenvalue weighted by atomic mass is 9.96. The SMILES string of the molecule is CCCC(C)(N)C(=O)NCc1cccc(O)c1.Cl. The molecule has 0 radical (unpaired) electrons. The molecule has 1 aromatic rings. The highest BCUT2D eigenvalue weighted by molar-refractivity contribution is 5.85. The largest absolute Gasteiger partial charge is 0.508 e. The van der Waals surface area contributed by atoms with Crippen LogP contribution in [0, 0.1) is 0 Å². The molecule has 1 aromatic carbocycles. The van der Waals surface area contributed by atoms with Crippen molar-refractivity contribution in [2.45, 2.75) is 38.8 Å². The van der Waals surface area contributed by atoms with Crippen LogP contribution in [0.25, 0.3) is 0 Å². The van der Waals surface area contributed by atoms with Crippen LogP contribution >= 0.6 is 12.4 Å². The third-order valence-electron chi connectivity index (χ3n) is 2.65. The summed E-state index contributed by atoms with van der Waals surface area (Å²) in [5, 5.41) is 12.1. The Morgan fingerprint density at radius 2 is 2.17 bits per heavy atom. The highest BCUT2D eigenvalue weighted by Gasteiger charge is 2.26. The lowest BCUT2D eigenvalue weighted by molar-refractivity contribution is -0.126. The van der Waals surface area contributed by atoms with Crippen LogP contribution in [0.4, 0.5) is 0 Å². The van der Waals surface area contributed by atoms with Crippen molar-refractivity contribution < 1.29 is 9.90 Å². The number of carbonyl (C=O) groups excluding carboxylic acids is 1. The van der Waals surface area contributed by atoms with Gasteiger partial charge in [-0.2, -0.15) is 0 Å².